The van der Waals surface area contributed by atoms with Crippen molar-refractivity contribution in [2.45, 2.75) is 78.2 Å². The Kier molecular flexibility index (Phi) is 7.18. The van der Waals surface area contributed by atoms with E-state index < -0.39 is 0 Å². The lowest BCUT2D eigenvalue weighted by molar-refractivity contribution is 0.213. The van der Waals surface area contributed by atoms with Gasteiger partial charge in [0.15, 0.2) is 0 Å². The van der Waals surface area contributed by atoms with Crippen LogP contribution in [0.1, 0.15) is 72.1 Å². The van der Waals surface area contributed by atoms with Gasteiger partial charge in [0.2, 0.25) is 0 Å². The topological polar surface area (TPSA) is 12.0 Å². The lowest BCUT2D eigenvalue weighted by Crippen LogP contribution is -2.35. The van der Waals surface area contributed by atoms with Crippen LogP contribution in [0.15, 0.2) is 0 Å². The third-order valence-corrected chi connectivity index (χ3v) is 4.71. The molecule has 0 aliphatic heterocycles. The molecule has 0 spiro atoms. The molecule has 0 radical (unpaired) electrons. The Bertz CT molecular complexity index is 180. The summed E-state index contributed by atoms with van der Waals surface area (Å²) in [4.78, 5) is 0. The first kappa shape index (κ1) is 15.0. The molecule has 0 aromatic rings. The lowest BCUT2D eigenvalue weighted by atomic mass is 9.76. The fraction of sp³-hybridized carbons (Fsp3) is 1.00. The Morgan fingerprint density at radius 2 is 1.71 bits per heavy atom. The average molecular weight is 239 g/mol. The van der Waals surface area contributed by atoms with Crippen molar-refractivity contribution in [2.24, 2.45) is 17.8 Å². The molecule has 0 heterocycles. The van der Waals surface area contributed by atoms with E-state index in [1.54, 1.807) is 0 Å². The molecule has 0 amide bonds. The van der Waals surface area contributed by atoms with E-state index in [4.69, 9.17) is 0 Å². The summed E-state index contributed by atoms with van der Waals surface area (Å²) in [7, 11) is 2.16. The van der Waals surface area contributed by atoms with Crippen molar-refractivity contribution >= 4 is 0 Å². The van der Waals surface area contributed by atoms with Crippen LogP contribution in [-0.4, -0.2) is 13.1 Å². The highest BCUT2D eigenvalue weighted by Crippen LogP contribution is 2.33. The maximum absolute atomic E-state index is 3.58. The molecule has 0 aromatic carbocycles. The van der Waals surface area contributed by atoms with Gasteiger partial charge in [0, 0.05) is 6.04 Å². The van der Waals surface area contributed by atoms with Gasteiger partial charge in [-0.05, 0) is 44.1 Å². The van der Waals surface area contributed by atoms with Gasteiger partial charge < -0.3 is 5.32 Å². The molecule has 1 aliphatic rings. The van der Waals surface area contributed by atoms with Crippen LogP contribution in [0, 0.1) is 17.8 Å². The third kappa shape index (κ3) is 5.42. The van der Waals surface area contributed by atoms with Gasteiger partial charge in [-0.25, -0.2) is 0 Å². The number of hydrogen-bond acceptors (Lipinski definition) is 1. The predicted molar refractivity (Wildman–Crippen MR) is 77.3 cm³/mol. The Labute approximate surface area is 109 Å². The van der Waals surface area contributed by atoms with Crippen LogP contribution in [0.2, 0.25) is 0 Å². The first-order valence-electron chi connectivity index (χ1n) is 7.84. The summed E-state index contributed by atoms with van der Waals surface area (Å²) >= 11 is 0. The van der Waals surface area contributed by atoms with Crippen LogP contribution < -0.4 is 5.32 Å². The van der Waals surface area contributed by atoms with E-state index >= 15 is 0 Å². The molecule has 1 heteroatoms. The SMILES string of the molecule is CCC1CCC(C(CCCC(C)C)NC)CC1. The van der Waals surface area contributed by atoms with Crippen LogP contribution in [0.5, 0.6) is 0 Å². The molecule has 1 unspecified atom stereocenters. The number of hydrogen-bond donors (Lipinski definition) is 1. The molecule has 1 aliphatic carbocycles. The van der Waals surface area contributed by atoms with Crippen LogP contribution in [0.4, 0.5) is 0 Å². The van der Waals surface area contributed by atoms with Crippen molar-refractivity contribution in [1.29, 1.82) is 0 Å². The van der Waals surface area contributed by atoms with Gasteiger partial charge in [-0.15, -0.1) is 0 Å². The van der Waals surface area contributed by atoms with E-state index in [-0.39, 0.29) is 0 Å². The summed E-state index contributed by atoms with van der Waals surface area (Å²) in [5.41, 5.74) is 0. The molecule has 1 rings (SSSR count). The standard InChI is InChI=1S/C16H33N/c1-5-14-9-11-15(12-10-14)16(17-4)8-6-7-13(2)3/h13-17H,5-12H2,1-4H3. The maximum Gasteiger partial charge on any atom is 0.00923 e. The largest absolute Gasteiger partial charge is 0.317 e. The van der Waals surface area contributed by atoms with E-state index in [0.717, 1.165) is 23.8 Å². The molecule has 1 N–H and O–H groups in total. The molecular weight excluding hydrogens is 206 g/mol. The van der Waals surface area contributed by atoms with E-state index in [1.165, 1.54) is 51.4 Å². The van der Waals surface area contributed by atoms with Gasteiger partial charge in [-0.3, -0.25) is 0 Å². The molecule has 1 saturated carbocycles. The highest BCUT2D eigenvalue weighted by molar-refractivity contribution is 4.81. The second-order valence-electron chi connectivity index (χ2n) is 6.41. The smallest absolute Gasteiger partial charge is 0.00923 e. The van der Waals surface area contributed by atoms with Crippen molar-refractivity contribution in [3.8, 4) is 0 Å². The van der Waals surface area contributed by atoms with Crippen molar-refractivity contribution in [3.05, 3.63) is 0 Å². The monoisotopic (exact) mass is 239 g/mol. The van der Waals surface area contributed by atoms with E-state index in [2.05, 4.69) is 33.1 Å². The summed E-state index contributed by atoms with van der Waals surface area (Å²) < 4.78 is 0. The molecule has 0 aromatic heterocycles. The van der Waals surface area contributed by atoms with Gasteiger partial charge in [0.05, 0.1) is 0 Å². The van der Waals surface area contributed by atoms with Crippen molar-refractivity contribution < 1.29 is 0 Å². The summed E-state index contributed by atoms with van der Waals surface area (Å²) in [5.74, 6) is 2.85. The maximum atomic E-state index is 3.58. The first-order valence-corrected chi connectivity index (χ1v) is 7.84. The zero-order valence-electron chi connectivity index (χ0n) is 12.5. The van der Waals surface area contributed by atoms with Crippen molar-refractivity contribution in [2.75, 3.05) is 7.05 Å². The molecule has 0 bridgehead atoms. The van der Waals surface area contributed by atoms with Gasteiger partial charge >= 0.3 is 0 Å². The average Bonchev–Trinajstić information content (AvgIpc) is 2.34. The number of rotatable bonds is 7. The van der Waals surface area contributed by atoms with E-state index in [0.29, 0.717) is 0 Å². The second kappa shape index (κ2) is 8.13. The molecular formula is C16H33N. The molecule has 0 saturated heterocycles. The normalized spacial score (nSPS) is 27.4. The molecule has 1 atom stereocenters. The lowest BCUT2D eigenvalue weighted by Gasteiger charge is -2.33. The summed E-state index contributed by atoms with van der Waals surface area (Å²) in [6.45, 7) is 7.02. The van der Waals surface area contributed by atoms with Crippen molar-refractivity contribution in [3.63, 3.8) is 0 Å². The number of nitrogens with one attached hydrogen (secondary N) is 1. The molecule has 102 valence electrons. The molecule has 1 fully saturated rings. The fourth-order valence-corrected chi connectivity index (χ4v) is 3.36. The van der Waals surface area contributed by atoms with Crippen LogP contribution in [0.25, 0.3) is 0 Å². The van der Waals surface area contributed by atoms with Crippen LogP contribution in [0.3, 0.4) is 0 Å². The summed E-state index contributed by atoms with van der Waals surface area (Å²) in [6, 6.07) is 0.784. The Balaban J connectivity index is 2.25. The Morgan fingerprint density at radius 3 is 2.18 bits per heavy atom. The zero-order valence-corrected chi connectivity index (χ0v) is 12.5. The minimum atomic E-state index is 0.784. The summed E-state index contributed by atoms with van der Waals surface area (Å²) in [5, 5.41) is 3.58. The third-order valence-electron chi connectivity index (χ3n) is 4.71. The minimum absolute atomic E-state index is 0.784. The van der Waals surface area contributed by atoms with Crippen LogP contribution >= 0.6 is 0 Å². The molecule has 1 nitrogen and oxygen atoms in total. The Morgan fingerprint density at radius 1 is 1.06 bits per heavy atom. The highest BCUT2D eigenvalue weighted by atomic mass is 14.9. The molecule has 17 heavy (non-hydrogen) atoms. The second-order valence-corrected chi connectivity index (χ2v) is 6.41. The van der Waals surface area contributed by atoms with Crippen LogP contribution in [-0.2, 0) is 0 Å². The fourth-order valence-electron chi connectivity index (χ4n) is 3.36. The first-order chi connectivity index (χ1) is 8.17. The Hall–Kier alpha value is -0.0400. The van der Waals surface area contributed by atoms with Gasteiger partial charge in [-0.2, -0.15) is 0 Å². The summed E-state index contributed by atoms with van der Waals surface area (Å²) in [6.07, 6.45) is 11.4. The quantitative estimate of drug-likeness (QED) is 0.683. The highest BCUT2D eigenvalue weighted by Gasteiger charge is 2.25. The predicted octanol–water partition coefficient (Wildman–Crippen LogP) is 4.62. The van der Waals surface area contributed by atoms with Gasteiger partial charge in [-0.1, -0.05) is 52.9 Å². The van der Waals surface area contributed by atoms with Crippen molar-refractivity contribution in [1.82, 2.24) is 5.32 Å². The van der Waals surface area contributed by atoms with E-state index in [1.807, 2.05) is 0 Å². The van der Waals surface area contributed by atoms with Gasteiger partial charge in [0.25, 0.3) is 0 Å². The minimum Gasteiger partial charge on any atom is -0.317 e. The zero-order chi connectivity index (χ0) is 12.7. The van der Waals surface area contributed by atoms with E-state index in [9.17, 15) is 0 Å². The van der Waals surface area contributed by atoms with Gasteiger partial charge in [0.1, 0.15) is 0 Å².